The number of aromatic nitrogens is 2. The fourth-order valence-electron chi connectivity index (χ4n) is 3.81. The van der Waals surface area contributed by atoms with Gasteiger partial charge in [-0.15, -0.1) is 11.3 Å². The van der Waals surface area contributed by atoms with Crippen molar-refractivity contribution in [3.63, 3.8) is 0 Å². The van der Waals surface area contributed by atoms with Gasteiger partial charge >= 0.3 is 0 Å². The minimum Gasteiger partial charge on any atom is -0.379 e. The van der Waals surface area contributed by atoms with Crippen LogP contribution in [0, 0.1) is 13.8 Å². The Morgan fingerprint density at radius 2 is 1.90 bits per heavy atom. The van der Waals surface area contributed by atoms with E-state index < -0.39 is 0 Å². The standard InChI is InChI=1S/C23H29N5O2S/c1-16-3-5-18(6-4-16)20-17(2)31-23-21(20)22(26-15-27-23)25-8-7-19(29)24-9-10-28-11-13-30-14-12-28/h3-6,15H,7-14H2,1-2H3,(H,24,29)(H,25,26,27). The van der Waals surface area contributed by atoms with Crippen molar-refractivity contribution in [1.82, 2.24) is 20.2 Å². The summed E-state index contributed by atoms with van der Waals surface area (Å²) in [6.45, 7) is 9.68. The second-order valence-corrected chi connectivity index (χ2v) is 8.99. The van der Waals surface area contributed by atoms with Crippen LogP contribution in [0.4, 0.5) is 5.82 Å². The van der Waals surface area contributed by atoms with Gasteiger partial charge in [-0.05, 0) is 19.4 Å². The number of benzene rings is 1. The van der Waals surface area contributed by atoms with Crippen LogP contribution in [-0.4, -0.2) is 66.7 Å². The molecule has 0 radical (unpaired) electrons. The molecule has 1 aliphatic heterocycles. The van der Waals surface area contributed by atoms with E-state index in [1.807, 2.05) is 0 Å². The van der Waals surface area contributed by atoms with Gasteiger partial charge in [0.05, 0.1) is 18.6 Å². The van der Waals surface area contributed by atoms with E-state index in [2.05, 4.69) is 63.6 Å². The van der Waals surface area contributed by atoms with Crippen LogP contribution in [0.3, 0.4) is 0 Å². The average molecular weight is 440 g/mol. The summed E-state index contributed by atoms with van der Waals surface area (Å²) in [5.41, 5.74) is 3.56. The third-order valence-corrected chi connectivity index (χ3v) is 6.52. The van der Waals surface area contributed by atoms with E-state index >= 15 is 0 Å². The van der Waals surface area contributed by atoms with Crippen LogP contribution in [0.15, 0.2) is 30.6 Å². The number of nitrogens with one attached hydrogen (secondary N) is 2. The summed E-state index contributed by atoms with van der Waals surface area (Å²) in [4.78, 5) is 25.7. The van der Waals surface area contributed by atoms with Crippen molar-refractivity contribution in [2.24, 2.45) is 0 Å². The molecule has 1 aromatic carbocycles. The summed E-state index contributed by atoms with van der Waals surface area (Å²) in [5.74, 6) is 0.831. The van der Waals surface area contributed by atoms with Gasteiger partial charge in [0, 0.05) is 49.6 Å². The molecule has 31 heavy (non-hydrogen) atoms. The Morgan fingerprint density at radius 3 is 2.68 bits per heavy atom. The number of carbonyl (C=O) groups is 1. The molecule has 164 valence electrons. The van der Waals surface area contributed by atoms with Crippen molar-refractivity contribution in [3.05, 3.63) is 41.0 Å². The number of amides is 1. The number of carbonyl (C=O) groups excluding carboxylic acids is 1. The van der Waals surface area contributed by atoms with E-state index in [0.29, 0.717) is 19.5 Å². The average Bonchev–Trinajstić information content (AvgIpc) is 3.12. The maximum Gasteiger partial charge on any atom is 0.221 e. The molecule has 8 heteroatoms. The summed E-state index contributed by atoms with van der Waals surface area (Å²) in [5, 5.41) is 7.40. The summed E-state index contributed by atoms with van der Waals surface area (Å²) in [7, 11) is 0. The molecule has 0 aliphatic carbocycles. The molecule has 0 unspecified atom stereocenters. The normalized spacial score (nSPS) is 14.6. The molecule has 4 rings (SSSR count). The van der Waals surface area contributed by atoms with Gasteiger partial charge in [-0.1, -0.05) is 29.8 Å². The molecule has 7 nitrogen and oxygen atoms in total. The Kier molecular flexibility index (Phi) is 7.11. The Bertz CT molecular complexity index is 1030. The maximum atomic E-state index is 12.2. The summed E-state index contributed by atoms with van der Waals surface area (Å²) in [6.07, 6.45) is 1.99. The number of hydrogen-bond acceptors (Lipinski definition) is 7. The van der Waals surface area contributed by atoms with Gasteiger partial charge in [0.2, 0.25) is 5.91 Å². The third-order valence-electron chi connectivity index (χ3n) is 5.50. The number of morpholine rings is 1. The molecule has 1 fully saturated rings. The SMILES string of the molecule is Cc1ccc(-c2c(C)sc3ncnc(NCCC(=O)NCCN4CCOCC4)c23)cc1. The summed E-state index contributed by atoms with van der Waals surface area (Å²) < 4.78 is 5.35. The largest absolute Gasteiger partial charge is 0.379 e. The van der Waals surface area contributed by atoms with Crippen LogP contribution in [0.25, 0.3) is 21.3 Å². The van der Waals surface area contributed by atoms with Crippen LogP contribution in [-0.2, 0) is 9.53 Å². The molecular weight excluding hydrogens is 410 g/mol. The molecule has 0 bridgehead atoms. The highest BCUT2D eigenvalue weighted by Crippen LogP contribution is 2.40. The number of nitrogens with zero attached hydrogens (tertiary/aromatic N) is 3. The number of aryl methyl sites for hydroxylation is 2. The van der Waals surface area contributed by atoms with Crippen LogP contribution in [0.2, 0.25) is 0 Å². The number of anilines is 1. The van der Waals surface area contributed by atoms with Crippen molar-refractivity contribution in [1.29, 1.82) is 0 Å². The van der Waals surface area contributed by atoms with E-state index in [9.17, 15) is 4.79 Å². The first-order valence-electron chi connectivity index (χ1n) is 10.7. The number of fused-ring (bicyclic) bond motifs is 1. The molecule has 2 N–H and O–H groups in total. The van der Waals surface area contributed by atoms with E-state index in [1.54, 1.807) is 17.7 Å². The Balaban J connectivity index is 1.37. The number of hydrogen-bond donors (Lipinski definition) is 2. The molecular formula is C23H29N5O2S. The number of thiophene rings is 1. The van der Waals surface area contributed by atoms with Crippen LogP contribution < -0.4 is 10.6 Å². The zero-order valence-electron chi connectivity index (χ0n) is 18.1. The highest BCUT2D eigenvalue weighted by atomic mass is 32.1. The lowest BCUT2D eigenvalue weighted by Gasteiger charge is -2.26. The first-order chi connectivity index (χ1) is 15.1. The second-order valence-electron chi connectivity index (χ2n) is 7.78. The monoisotopic (exact) mass is 439 g/mol. The number of ether oxygens (including phenoxy) is 1. The fourth-order valence-corrected chi connectivity index (χ4v) is 4.82. The molecule has 1 amide bonds. The van der Waals surface area contributed by atoms with Crippen LogP contribution in [0.5, 0.6) is 0 Å². The van der Waals surface area contributed by atoms with Gasteiger partial charge in [0.1, 0.15) is 17.0 Å². The lowest BCUT2D eigenvalue weighted by Crippen LogP contribution is -2.41. The second kappa shape index (κ2) is 10.2. The third kappa shape index (κ3) is 5.39. The minimum atomic E-state index is 0.0475. The number of rotatable bonds is 8. The van der Waals surface area contributed by atoms with Crippen LogP contribution in [0.1, 0.15) is 16.9 Å². The minimum absolute atomic E-state index is 0.0475. The molecule has 1 saturated heterocycles. The zero-order chi connectivity index (χ0) is 21.6. The quantitative estimate of drug-likeness (QED) is 0.561. The maximum absolute atomic E-state index is 12.2. The van der Waals surface area contributed by atoms with Gasteiger partial charge in [-0.3, -0.25) is 9.69 Å². The van der Waals surface area contributed by atoms with Crippen LogP contribution >= 0.6 is 11.3 Å². The molecule has 1 aliphatic rings. The predicted molar refractivity (Wildman–Crippen MR) is 126 cm³/mol. The zero-order valence-corrected chi connectivity index (χ0v) is 18.9. The molecule has 3 heterocycles. The highest BCUT2D eigenvalue weighted by Gasteiger charge is 2.17. The first kappa shape index (κ1) is 21.7. The predicted octanol–water partition coefficient (Wildman–Crippen LogP) is 3.23. The molecule has 0 spiro atoms. The van der Waals surface area contributed by atoms with Gasteiger partial charge in [-0.2, -0.15) is 0 Å². The lowest BCUT2D eigenvalue weighted by molar-refractivity contribution is -0.120. The molecule has 2 aromatic heterocycles. The van der Waals surface area contributed by atoms with E-state index in [-0.39, 0.29) is 5.91 Å². The first-order valence-corrected chi connectivity index (χ1v) is 11.6. The van der Waals surface area contributed by atoms with Crippen molar-refractivity contribution < 1.29 is 9.53 Å². The topological polar surface area (TPSA) is 79.4 Å². The smallest absolute Gasteiger partial charge is 0.221 e. The van der Waals surface area contributed by atoms with E-state index in [4.69, 9.17) is 4.74 Å². The highest BCUT2D eigenvalue weighted by molar-refractivity contribution is 7.19. The van der Waals surface area contributed by atoms with Crippen molar-refractivity contribution >= 4 is 33.3 Å². The Morgan fingerprint density at radius 1 is 1.13 bits per heavy atom. The van der Waals surface area contributed by atoms with Crippen molar-refractivity contribution in [2.45, 2.75) is 20.3 Å². The molecule has 0 saturated carbocycles. The fraction of sp³-hybridized carbons (Fsp3) is 0.435. The van der Waals surface area contributed by atoms with Gasteiger partial charge in [0.15, 0.2) is 0 Å². The summed E-state index contributed by atoms with van der Waals surface area (Å²) >= 11 is 1.67. The molecule has 3 aromatic rings. The van der Waals surface area contributed by atoms with E-state index in [1.165, 1.54) is 10.4 Å². The van der Waals surface area contributed by atoms with Crippen molar-refractivity contribution in [3.8, 4) is 11.1 Å². The summed E-state index contributed by atoms with van der Waals surface area (Å²) in [6, 6.07) is 8.53. The molecule has 0 atom stereocenters. The van der Waals surface area contributed by atoms with Gasteiger partial charge in [0.25, 0.3) is 0 Å². The van der Waals surface area contributed by atoms with Gasteiger partial charge < -0.3 is 15.4 Å². The Hall–Kier alpha value is -2.55. The lowest BCUT2D eigenvalue weighted by atomic mass is 10.0. The van der Waals surface area contributed by atoms with Gasteiger partial charge in [-0.25, -0.2) is 9.97 Å². The Labute approximate surface area is 186 Å². The van der Waals surface area contributed by atoms with Crippen molar-refractivity contribution in [2.75, 3.05) is 51.3 Å². The van der Waals surface area contributed by atoms with E-state index in [0.717, 1.165) is 60.0 Å².